The Morgan fingerprint density at radius 2 is 2.23 bits per heavy atom. The van der Waals surface area contributed by atoms with E-state index in [0.717, 1.165) is 0 Å². The fraction of sp³-hybridized carbons (Fsp3) is 0.556. The van der Waals surface area contributed by atoms with Crippen LogP contribution in [0.4, 0.5) is 14.0 Å². The molecule has 2 amide bonds. The number of amides is 2. The molecule has 3 N–H and O–H groups in total. The molecule has 0 bridgehead atoms. The summed E-state index contributed by atoms with van der Waals surface area (Å²) >= 11 is 0. The summed E-state index contributed by atoms with van der Waals surface area (Å²) in [6.45, 7) is 0.904. The highest BCUT2D eigenvalue weighted by molar-refractivity contribution is 5.66. The van der Waals surface area contributed by atoms with Gasteiger partial charge in [-0.2, -0.15) is 0 Å². The second kappa shape index (κ2) is 8.84. The number of alkyl carbamates (subject to hydrolysis) is 1. The third-order valence-electron chi connectivity index (χ3n) is 4.88. The largest absolute Gasteiger partial charge is 0.465 e. The van der Waals surface area contributed by atoms with Crippen LogP contribution in [0.3, 0.4) is 0 Å². The van der Waals surface area contributed by atoms with Crippen molar-refractivity contribution in [2.24, 2.45) is 5.92 Å². The van der Waals surface area contributed by atoms with Crippen molar-refractivity contribution in [3.8, 4) is 0 Å². The maximum absolute atomic E-state index is 13.7. The number of benzene rings is 1. The molecule has 1 unspecified atom stereocenters. The van der Waals surface area contributed by atoms with Crippen molar-refractivity contribution in [1.82, 2.24) is 10.2 Å². The molecule has 1 aromatic rings. The topological polar surface area (TPSA) is 99.1 Å². The van der Waals surface area contributed by atoms with Crippen LogP contribution in [0.1, 0.15) is 31.2 Å². The van der Waals surface area contributed by atoms with Crippen LogP contribution in [0.25, 0.3) is 0 Å². The molecule has 8 heteroatoms. The predicted molar refractivity (Wildman–Crippen MR) is 92.3 cm³/mol. The van der Waals surface area contributed by atoms with E-state index in [0.29, 0.717) is 37.9 Å². The third-order valence-corrected chi connectivity index (χ3v) is 4.88. The smallest absolute Gasteiger partial charge is 0.407 e. The highest BCUT2D eigenvalue weighted by atomic mass is 19.1. The van der Waals surface area contributed by atoms with Crippen molar-refractivity contribution < 1.29 is 28.9 Å². The summed E-state index contributed by atoms with van der Waals surface area (Å²) in [6, 6.07) is 5.76. The van der Waals surface area contributed by atoms with E-state index in [9.17, 15) is 24.2 Å². The van der Waals surface area contributed by atoms with Crippen molar-refractivity contribution in [3.05, 3.63) is 35.6 Å². The van der Waals surface area contributed by atoms with Gasteiger partial charge in [-0.15, -0.1) is 0 Å². The van der Waals surface area contributed by atoms with Crippen molar-refractivity contribution in [3.63, 3.8) is 0 Å². The fourth-order valence-corrected chi connectivity index (χ4v) is 3.50. The molecule has 1 heterocycles. The Morgan fingerprint density at radius 1 is 1.46 bits per heavy atom. The molecule has 0 spiro atoms. The van der Waals surface area contributed by atoms with Crippen LogP contribution in [-0.4, -0.2) is 54.0 Å². The minimum Gasteiger partial charge on any atom is -0.465 e. The van der Waals surface area contributed by atoms with Gasteiger partial charge in [0.15, 0.2) is 0 Å². The molecule has 0 radical (unpaired) electrons. The molecular weight excluding hydrogens is 343 g/mol. The van der Waals surface area contributed by atoms with Crippen LogP contribution in [0, 0.1) is 11.7 Å². The van der Waals surface area contributed by atoms with Crippen LogP contribution in [0.15, 0.2) is 24.3 Å². The maximum Gasteiger partial charge on any atom is 0.407 e. The number of carboxylic acid groups (broad SMARTS) is 1. The lowest BCUT2D eigenvalue weighted by Crippen LogP contribution is -2.48. The van der Waals surface area contributed by atoms with E-state index in [2.05, 4.69) is 10.1 Å². The zero-order valence-electron chi connectivity index (χ0n) is 14.8. The van der Waals surface area contributed by atoms with Crippen LogP contribution >= 0.6 is 0 Å². The molecule has 1 aliphatic heterocycles. The third kappa shape index (κ3) is 4.85. The maximum atomic E-state index is 13.7. The zero-order chi connectivity index (χ0) is 19.2. The van der Waals surface area contributed by atoms with Gasteiger partial charge in [0.2, 0.25) is 0 Å². The molecule has 0 aliphatic carbocycles. The predicted octanol–water partition coefficient (Wildman–Crippen LogP) is 2.54. The van der Waals surface area contributed by atoms with Crippen molar-refractivity contribution in [2.45, 2.75) is 31.3 Å². The van der Waals surface area contributed by atoms with E-state index >= 15 is 0 Å². The Labute approximate surface area is 151 Å². The van der Waals surface area contributed by atoms with Gasteiger partial charge in [-0.1, -0.05) is 12.1 Å². The van der Waals surface area contributed by atoms with Gasteiger partial charge in [0, 0.05) is 25.6 Å². The fourth-order valence-electron chi connectivity index (χ4n) is 3.50. The molecule has 1 aliphatic rings. The number of piperidine rings is 1. The Bertz CT molecular complexity index is 642. The Kier molecular flexibility index (Phi) is 6.79. The van der Waals surface area contributed by atoms with E-state index in [1.165, 1.54) is 30.2 Å². The van der Waals surface area contributed by atoms with Gasteiger partial charge in [0.05, 0.1) is 12.7 Å². The van der Waals surface area contributed by atoms with Gasteiger partial charge in [0.1, 0.15) is 5.82 Å². The van der Waals surface area contributed by atoms with E-state index < -0.39 is 23.6 Å². The second-order valence-electron chi connectivity index (χ2n) is 6.52. The lowest BCUT2D eigenvalue weighted by molar-refractivity contribution is -0.0576. The summed E-state index contributed by atoms with van der Waals surface area (Å²) in [7, 11) is 1.26. The van der Waals surface area contributed by atoms with Gasteiger partial charge < -0.3 is 25.2 Å². The molecule has 0 aromatic heterocycles. The number of ether oxygens (including phenoxy) is 1. The average molecular weight is 368 g/mol. The van der Waals surface area contributed by atoms with E-state index in [1.54, 1.807) is 6.07 Å². The molecule has 7 nitrogen and oxygen atoms in total. The van der Waals surface area contributed by atoms with Crippen LogP contribution in [0.5, 0.6) is 0 Å². The molecule has 144 valence electrons. The Morgan fingerprint density at radius 3 is 2.88 bits per heavy atom. The molecule has 0 saturated carbocycles. The normalized spacial score (nSPS) is 19.5. The molecule has 1 fully saturated rings. The first-order valence-electron chi connectivity index (χ1n) is 8.65. The van der Waals surface area contributed by atoms with E-state index in [1.807, 2.05) is 0 Å². The molecule has 26 heavy (non-hydrogen) atoms. The molecule has 1 aromatic carbocycles. The highest BCUT2D eigenvalue weighted by Crippen LogP contribution is 2.39. The summed E-state index contributed by atoms with van der Waals surface area (Å²) in [5.74, 6) is -0.813. The van der Waals surface area contributed by atoms with Gasteiger partial charge in [-0.3, -0.25) is 0 Å². The van der Waals surface area contributed by atoms with Gasteiger partial charge in [0.25, 0.3) is 0 Å². The van der Waals surface area contributed by atoms with E-state index in [4.69, 9.17) is 0 Å². The first kappa shape index (κ1) is 20.0. The monoisotopic (exact) mass is 368 g/mol. The van der Waals surface area contributed by atoms with Crippen LogP contribution in [0.2, 0.25) is 0 Å². The summed E-state index contributed by atoms with van der Waals surface area (Å²) < 4.78 is 18.2. The number of likely N-dealkylation sites (tertiary alicyclic amines) is 1. The first-order chi connectivity index (χ1) is 12.4. The van der Waals surface area contributed by atoms with Crippen LogP contribution in [-0.2, 0) is 10.3 Å². The standard InChI is InChI=1S/C18H25FN2O5/c1-26-16(22)20-9-4-8-18(25,13-5-2-7-15(19)11-13)14-6-3-10-21(12-14)17(23)24/h2,5,7,11,14,25H,3-4,6,8-10,12H2,1H3,(H,20,22)(H,23,24)/t14?,18-/m1/s1. The minimum absolute atomic E-state index is 0.187. The molecule has 1 saturated heterocycles. The zero-order valence-corrected chi connectivity index (χ0v) is 14.8. The van der Waals surface area contributed by atoms with Gasteiger partial charge in [-0.25, -0.2) is 14.0 Å². The van der Waals surface area contributed by atoms with E-state index in [-0.39, 0.29) is 18.9 Å². The number of nitrogens with one attached hydrogen (secondary N) is 1. The molecule has 2 rings (SSSR count). The number of methoxy groups -OCH3 is 1. The lowest BCUT2D eigenvalue weighted by Gasteiger charge is -2.42. The number of carbonyl (C=O) groups is 2. The number of carbonyl (C=O) groups excluding carboxylic acids is 1. The Hall–Kier alpha value is -2.35. The van der Waals surface area contributed by atoms with Gasteiger partial charge in [-0.05, 0) is 43.4 Å². The highest BCUT2D eigenvalue weighted by Gasteiger charge is 2.41. The van der Waals surface area contributed by atoms with Crippen molar-refractivity contribution in [1.29, 1.82) is 0 Å². The number of aliphatic hydroxyl groups is 1. The summed E-state index contributed by atoms with van der Waals surface area (Å²) in [5.41, 5.74) is -0.957. The van der Waals surface area contributed by atoms with Crippen LogP contribution < -0.4 is 5.32 Å². The summed E-state index contributed by atoms with van der Waals surface area (Å²) in [6.07, 6.45) is 0.387. The van der Waals surface area contributed by atoms with Gasteiger partial charge >= 0.3 is 12.2 Å². The number of hydrogen-bond acceptors (Lipinski definition) is 4. The lowest BCUT2D eigenvalue weighted by atomic mass is 9.74. The number of hydrogen-bond donors (Lipinski definition) is 3. The first-order valence-corrected chi connectivity index (χ1v) is 8.65. The molecule has 2 atom stereocenters. The number of nitrogens with zero attached hydrogens (tertiary/aromatic N) is 1. The number of halogens is 1. The summed E-state index contributed by atoms with van der Waals surface area (Å²) in [5, 5.41) is 23.2. The quantitative estimate of drug-likeness (QED) is 0.670. The van der Waals surface area contributed by atoms with Crippen molar-refractivity contribution >= 4 is 12.2 Å². The summed E-state index contributed by atoms with van der Waals surface area (Å²) in [4.78, 5) is 23.7. The average Bonchev–Trinajstić information content (AvgIpc) is 2.64. The second-order valence-corrected chi connectivity index (χ2v) is 6.52. The van der Waals surface area contributed by atoms with Crippen molar-refractivity contribution in [2.75, 3.05) is 26.7 Å². The molecular formula is C18H25FN2O5. The Balaban J connectivity index is 2.18. The minimum atomic E-state index is -1.38. The number of rotatable bonds is 6. The SMILES string of the molecule is COC(=O)NCCC[C@@](O)(c1cccc(F)c1)C1CCCN(C(=O)O)C1.